The van der Waals surface area contributed by atoms with Gasteiger partial charge in [0.2, 0.25) is 5.89 Å². The maximum absolute atomic E-state index is 13.7. The van der Waals surface area contributed by atoms with Crippen LogP contribution in [0.3, 0.4) is 0 Å². The Bertz CT molecular complexity index is 1120. The Balaban J connectivity index is 1.57. The third kappa shape index (κ3) is 5.25. The summed E-state index contributed by atoms with van der Waals surface area (Å²) in [6.45, 7) is 2.66. The van der Waals surface area contributed by atoms with E-state index < -0.39 is 18.1 Å². The minimum Gasteiger partial charge on any atom is -0.415 e. The van der Waals surface area contributed by atoms with E-state index >= 15 is 0 Å². The van der Waals surface area contributed by atoms with Crippen LogP contribution in [-0.4, -0.2) is 64.2 Å². The number of carbonyl (C=O) groups is 1. The van der Waals surface area contributed by atoms with E-state index in [0.29, 0.717) is 30.0 Å². The molecule has 0 bridgehead atoms. The molecule has 12 heteroatoms. The number of amides is 2. The van der Waals surface area contributed by atoms with Crippen LogP contribution in [0.1, 0.15) is 18.0 Å². The highest BCUT2D eigenvalue weighted by Gasteiger charge is 2.26. The van der Waals surface area contributed by atoms with Crippen molar-refractivity contribution in [2.75, 3.05) is 38.1 Å². The first-order valence-electron chi connectivity index (χ1n) is 10.1. The van der Waals surface area contributed by atoms with E-state index in [9.17, 15) is 18.0 Å². The lowest BCUT2D eigenvalue weighted by molar-refractivity contribution is 0.116. The molecule has 3 heterocycles. The second-order valence-corrected chi connectivity index (χ2v) is 7.95. The van der Waals surface area contributed by atoms with Gasteiger partial charge < -0.3 is 14.2 Å². The minimum atomic E-state index is -2.87. The molecule has 4 rings (SSSR count). The number of halogens is 4. The van der Waals surface area contributed by atoms with E-state index in [1.54, 1.807) is 17.0 Å². The Morgan fingerprint density at radius 2 is 1.94 bits per heavy atom. The third-order valence-electron chi connectivity index (χ3n) is 5.24. The lowest BCUT2D eigenvalue weighted by Crippen LogP contribution is -2.52. The molecule has 1 aliphatic rings. The zero-order chi connectivity index (χ0) is 23.5. The molecule has 0 atom stereocenters. The molecule has 0 saturated carbocycles. The van der Waals surface area contributed by atoms with Crippen molar-refractivity contribution >= 4 is 23.3 Å². The second kappa shape index (κ2) is 9.75. The van der Waals surface area contributed by atoms with Crippen LogP contribution in [-0.2, 0) is 6.54 Å². The van der Waals surface area contributed by atoms with E-state index in [0.717, 1.165) is 13.1 Å². The smallest absolute Gasteiger partial charge is 0.324 e. The Hall–Kier alpha value is -3.18. The van der Waals surface area contributed by atoms with Crippen molar-refractivity contribution in [3.63, 3.8) is 0 Å². The molecule has 1 aliphatic heterocycles. The summed E-state index contributed by atoms with van der Waals surface area (Å²) in [6.07, 6.45) is -1.47. The first kappa shape index (κ1) is 23.0. The molecule has 8 nitrogen and oxygen atoms in total. The number of alkyl halides is 2. The molecule has 1 saturated heterocycles. The normalized spacial score (nSPS) is 14.7. The van der Waals surface area contributed by atoms with Crippen molar-refractivity contribution in [3.05, 3.63) is 59.0 Å². The van der Waals surface area contributed by atoms with Crippen LogP contribution in [0.15, 0.2) is 40.9 Å². The lowest BCUT2D eigenvalue weighted by atomic mass is 10.2. The van der Waals surface area contributed by atoms with Gasteiger partial charge in [-0.15, -0.1) is 10.2 Å². The van der Waals surface area contributed by atoms with Gasteiger partial charge in [-0.2, -0.15) is 8.78 Å². The molecule has 0 spiro atoms. The molecule has 33 heavy (non-hydrogen) atoms. The van der Waals surface area contributed by atoms with Gasteiger partial charge in [0.1, 0.15) is 5.82 Å². The van der Waals surface area contributed by atoms with Gasteiger partial charge in [-0.3, -0.25) is 9.88 Å². The number of benzene rings is 1. The Labute approximate surface area is 192 Å². The molecule has 174 valence electrons. The van der Waals surface area contributed by atoms with Crippen LogP contribution in [0.25, 0.3) is 11.5 Å². The first-order valence-corrected chi connectivity index (χ1v) is 10.5. The molecule has 3 aromatic rings. The average molecular weight is 481 g/mol. The summed E-state index contributed by atoms with van der Waals surface area (Å²) in [7, 11) is 1.98. The maximum Gasteiger partial charge on any atom is 0.324 e. The maximum atomic E-state index is 13.7. The number of rotatable bonds is 5. The Morgan fingerprint density at radius 3 is 2.55 bits per heavy atom. The Kier molecular flexibility index (Phi) is 6.80. The zero-order valence-electron chi connectivity index (χ0n) is 17.6. The van der Waals surface area contributed by atoms with Crippen molar-refractivity contribution in [2.45, 2.75) is 13.0 Å². The van der Waals surface area contributed by atoms with E-state index in [4.69, 9.17) is 16.0 Å². The predicted molar refractivity (Wildman–Crippen MR) is 115 cm³/mol. The minimum absolute atomic E-state index is 0.0829. The van der Waals surface area contributed by atoms with Gasteiger partial charge in [0.25, 0.3) is 5.89 Å². The fraction of sp³-hybridized carbons (Fsp3) is 0.333. The summed E-state index contributed by atoms with van der Waals surface area (Å²) in [5, 5.41) is 6.80. The van der Waals surface area contributed by atoms with Crippen LogP contribution < -0.4 is 4.90 Å². The predicted octanol–water partition coefficient (Wildman–Crippen LogP) is 4.24. The number of hydrogen-bond donors (Lipinski definition) is 0. The topological polar surface area (TPSA) is 78.6 Å². The second-order valence-electron chi connectivity index (χ2n) is 7.54. The molecule has 2 aromatic heterocycles. The highest BCUT2D eigenvalue weighted by molar-refractivity contribution is 6.31. The summed E-state index contributed by atoms with van der Waals surface area (Å²) < 4.78 is 44.0. The number of nitrogens with zero attached hydrogens (tertiary/aromatic N) is 6. The van der Waals surface area contributed by atoms with Crippen LogP contribution in [0.2, 0.25) is 5.02 Å². The number of likely N-dealkylation sites (N-methyl/N-ethyl adjacent to an activating group) is 1. The van der Waals surface area contributed by atoms with Crippen molar-refractivity contribution in [2.24, 2.45) is 0 Å². The monoisotopic (exact) mass is 480 g/mol. The number of pyridine rings is 1. The van der Waals surface area contributed by atoms with E-state index in [2.05, 4.69) is 20.1 Å². The first-order chi connectivity index (χ1) is 15.8. The highest BCUT2D eigenvalue weighted by atomic mass is 35.5. The van der Waals surface area contributed by atoms with Crippen LogP contribution in [0.4, 0.5) is 23.7 Å². The lowest BCUT2D eigenvalue weighted by Gasteiger charge is -2.36. The van der Waals surface area contributed by atoms with Gasteiger partial charge in [-0.25, -0.2) is 9.18 Å². The summed E-state index contributed by atoms with van der Waals surface area (Å²) in [4.78, 5) is 23.0. The number of urea groups is 1. The number of anilines is 1. The number of carbonyl (C=O) groups excluding carboxylic acids is 1. The Morgan fingerprint density at radius 1 is 1.18 bits per heavy atom. The summed E-state index contributed by atoms with van der Waals surface area (Å²) >= 11 is 5.96. The third-order valence-corrected chi connectivity index (χ3v) is 5.53. The average Bonchev–Trinajstić information content (AvgIpc) is 3.31. The van der Waals surface area contributed by atoms with Crippen LogP contribution >= 0.6 is 11.6 Å². The fourth-order valence-corrected chi connectivity index (χ4v) is 3.51. The van der Waals surface area contributed by atoms with Gasteiger partial charge in [0.05, 0.1) is 22.8 Å². The standard InChI is InChI=1S/C21H20ClF3N6O2/c1-29-6-8-30(9-7-29)21(32)31(15-4-5-17(23)16(22)10-15)12-14-3-2-13(11-26-14)19-27-28-20(33-19)18(24)25/h2-5,10-11,18H,6-9,12H2,1H3. The summed E-state index contributed by atoms with van der Waals surface area (Å²) in [6, 6.07) is 7.03. The number of hydrogen-bond acceptors (Lipinski definition) is 6. The van der Waals surface area contributed by atoms with Crippen LogP contribution in [0.5, 0.6) is 0 Å². The molecule has 0 aliphatic carbocycles. The van der Waals surface area contributed by atoms with E-state index in [-0.39, 0.29) is 23.5 Å². The molecule has 2 amide bonds. The molecular formula is C21H20ClF3N6O2. The molecule has 0 N–H and O–H groups in total. The zero-order valence-corrected chi connectivity index (χ0v) is 18.3. The molecule has 0 radical (unpaired) electrons. The van der Waals surface area contributed by atoms with Gasteiger partial charge in [-0.1, -0.05) is 11.6 Å². The van der Waals surface area contributed by atoms with Crippen molar-refractivity contribution in [3.8, 4) is 11.5 Å². The number of aromatic nitrogens is 3. The summed E-state index contributed by atoms with van der Waals surface area (Å²) in [5.41, 5.74) is 1.30. The quantitative estimate of drug-likeness (QED) is 0.543. The van der Waals surface area contributed by atoms with Crippen LogP contribution in [0, 0.1) is 5.82 Å². The highest BCUT2D eigenvalue weighted by Crippen LogP contribution is 2.26. The largest absolute Gasteiger partial charge is 0.415 e. The van der Waals surface area contributed by atoms with E-state index in [1.165, 1.54) is 29.3 Å². The molecule has 0 unspecified atom stereocenters. The van der Waals surface area contributed by atoms with E-state index in [1.807, 2.05) is 7.05 Å². The van der Waals surface area contributed by atoms with Crippen molar-refractivity contribution in [1.29, 1.82) is 0 Å². The van der Waals surface area contributed by atoms with Gasteiger partial charge in [-0.05, 0) is 37.4 Å². The molecule has 1 fully saturated rings. The van der Waals surface area contributed by atoms with Gasteiger partial charge >= 0.3 is 12.5 Å². The van der Waals surface area contributed by atoms with Gasteiger partial charge in [0.15, 0.2) is 0 Å². The van der Waals surface area contributed by atoms with Crippen molar-refractivity contribution in [1.82, 2.24) is 25.0 Å². The number of piperazine rings is 1. The molecule has 1 aromatic carbocycles. The van der Waals surface area contributed by atoms with Gasteiger partial charge in [0, 0.05) is 38.1 Å². The summed E-state index contributed by atoms with van der Waals surface area (Å²) in [5.74, 6) is -1.44. The molecular weight excluding hydrogens is 461 g/mol. The SMILES string of the molecule is CN1CCN(C(=O)N(Cc2ccc(-c3nnc(C(F)F)o3)cn2)c2ccc(F)c(Cl)c2)CC1. The fourth-order valence-electron chi connectivity index (χ4n) is 3.34. The van der Waals surface area contributed by atoms with Crippen molar-refractivity contribution < 1.29 is 22.4 Å².